The summed E-state index contributed by atoms with van der Waals surface area (Å²) in [5, 5.41) is 0. The average Bonchev–Trinajstić information content (AvgIpc) is 3.17. The predicted molar refractivity (Wildman–Crippen MR) is 109 cm³/mol. The fourth-order valence-corrected chi connectivity index (χ4v) is 6.91. The summed E-state index contributed by atoms with van der Waals surface area (Å²) in [4.78, 5) is 0. The van der Waals surface area contributed by atoms with Crippen molar-refractivity contribution in [3.8, 4) is 0 Å². The van der Waals surface area contributed by atoms with Crippen LogP contribution in [0.5, 0.6) is 0 Å². The molecular weight excluding hydrogens is 526 g/mol. The molecule has 1 fully saturated rings. The Labute approximate surface area is 191 Å². The number of sulfonamides is 2. The van der Waals surface area contributed by atoms with Crippen molar-refractivity contribution in [3.05, 3.63) is 4.13 Å². The number of quaternary nitrogens is 1. The first-order valence-corrected chi connectivity index (χ1v) is 14.5. The maximum atomic E-state index is 11.4. The average molecular weight is 557 g/mol. The number of likely N-dealkylation sites (tertiary alicyclic amines) is 1. The SMILES string of the molecule is CCC(C)[N+]1(CC[Si](OC)(OC)OC)CCCC1.O=S(=O)([N-]S(=O)(=O)C(F)(F)F)C(F)(F)F. The van der Waals surface area contributed by atoms with Gasteiger partial charge >= 0.3 is 19.8 Å². The first kappa shape index (κ1) is 32.5. The van der Waals surface area contributed by atoms with Crippen molar-refractivity contribution in [1.82, 2.24) is 0 Å². The van der Waals surface area contributed by atoms with Gasteiger partial charge in [0.2, 0.25) is 0 Å². The molecule has 0 aliphatic carbocycles. The Morgan fingerprint density at radius 1 is 0.879 bits per heavy atom. The van der Waals surface area contributed by atoms with E-state index >= 15 is 0 Å². The van der Waals surface area contributed by atoms with Gasteiger partial charge in [0.25, 0.3) is 0 Å². The molecule has 0 radical (unpaired) electrons. The minimum Gasteiger partial charge on any atom is -0.421 e. The Morgan fingerprint density at radius 3 is 1.52 bits per heavy atom. The third-order valence-electron chi connectivity index (χ3n) is 5.56. The highest BCUT2D eigenvalue weighted by molar-refractivity contribution is 8.13. The largest absolute Gasteiger partial charge is 0.505 e. The molecule has 18 heteroatoms. The standard InChI is InChI=1S/C13H30NO3Si.C2F6NO4S2/c1-6-13(2)14(9-7-8-10-14)11-12-18(15-3,16-4)17-5;3-1(4,5)14(10,11)9-15(12,13)2(6,7)8/h13H,6-12H2,1-5H3;/q+1;-1. The van der Waals surface area contributed by atoms with Crippen LogP contribution in [0.3, 0.4) is 0 Å². The summed E-state index contributed by atoms with van der Waals surface area (Å²) < 4.78 is 127. The van der Waals surface area contributed by atoms with Gasteiger partial charge in [-0.25, -0.2) is 16.8 Å². The number of halogens is 6. The lowest BCUT2D eigenvalue weighted by molar-refractivity contribution is -0.937. The highest BCUT2D eigenvalue weighted by Gasteiger charge is 2.47. The van der Waals surface area contributed by atoms with Gasteiger partial charge in [0.05, 0.1) is 31.7 Å². The van der Waals surface area contributed by atoms with Crippen LogP contribution < -0.4 is 0 Å². The van der Waals surface area contributed by atoms with Crippen LogP contribution in [0.25, 0.3) is 4.13 Å². The van der Waals surface area contributed by atoms with Crippen LogP contribution in [-0.2, 0) is 33.3 Å². The van der Waals surface area contributed by atoms with Crippen LogP contribution >= 0.6 is 0 Å². The molecule has 1 aliphatic rings. The van der Waals surface area contributed by atoms with E-state index in [9.17, 15) is 43.2 Å². The highest BCUT2D eigenvalue weighted by atomic mass is 32.3. The summed E-state index contributed by atoms with van der Waals surface area (Å²) in [7, 11) is -10.7. The van der Waals surface area contributed by atoms with Gasteiger partial charge < -0.3 is 21.9 Å². The number of alkyl halides is 6. The Balaban J connectivity index is 0.000000633. The molecule has 0 spiro atoms. The van der Waals surface area contributed by atoms with Gasteiger partial charge in [-0.3, -0.25) is 0 Å². The van der Waals surface area contributed by atoms with Gasteiger partial charge in [-0.1, -0.05) is 6.92 Å². The molecule has 1 atom stereocenters. The Hall–Kier alpha value is -0.503. The van der Waals surface area contributed by atoms with Gasteiger partial charge in [-0.05, 0) is 13.3 Å². The maximum Gasteiger partial charge on any atom is 0.505 e. The molecule has 33 heavy (non-hydrogen) atoms. The van der Waals surface area contributed by atoms with Crippen molar-refractivity contribution in [2.45, 2.75) is 56.2 Å². The second-order valence-corrected chi connectivity index (χ2v) is 13.8. The summed E-state index contributed by atoms with van der Waals surface area (Å²) >= 11 is 0. The smallest absolute Gasteiger partial charge is 0.421 e. The molecule has 0 bridgehead atoms. The van der Waals surface area contributed by atoms with Gasteiger partial charge in [0, 0.05) is 34.2 Å². The lowest BCUT2D eigenvalue weighted by Gasteiger charge is -2.41. The van der Waals surface area contributed by atoms with E-state index in [1.54, 1.807) is 21.3 Å². The second kappa shape index (κ2) is 12.0. The van der Waals surface area contributed by atoms with Crippen LogP contribution in [0.4, 0.5) is 26.3 Å². The molecule has 0 aromatic carbocycles. The third-order valence-corrected chi connectivity index (χ3v) is 11.0. The van der Waals surface area contributed by atoms with E-state index in [-0.39, 0.29) is 0 Å². The summed E-state index contributed by atoms with van der Waals surface area (Å²) in [6.07, 6.45) is 3.94. The molecular formula is C15H30F6N2O7S2Si. The van der Waals surface area contributed by atoms with Crippen LogP contribution in [0, 0.1) is 0 Å². The fourth-order valence-electron chi connectivity index (χ4n) is 3.37. The normalized spacial score (nSPS) is 18.5. The summed E-state index contributed by atoms with van der Waals surface area (Å²) in [5.41, 5.74) is -12.4. The summed E-state index contributed by atoms with van der Waals surface area (Å²) in [6.45, 7) is 8.39. The van der Waals surface area contributed by atoms with Crippen LogP contribution in [0.2, 0.25) is 6.04 Å². The van der Waals surface area contributed by atoms with Gasteiger partial charge in [-0.2, -0.15) is 26.3 Å². The van der Waals surface area contributed by atoms with Crippen LogP contribution in [-0.4, -0.2) is 88.1 Å². The molecule has 9 nitrogen and oxygen atoms in total. The monoisotopic (exact) mass is 556 g/mol. The molecule has 1 rings (SSSR count). The van der Waals surface area contributed by atoms with Crippen molar-refractivity contribution in [2.24, 2.45) is 0 Å². The number of nitrogens with zero attached hydrogens (tertiary/aromatic N) is 2. The van der Waals surface area contributed by atoms with E-state index in [2.05, 4.69) is 13.8 Å². The van der Waals surface area contributed by atoms with Crippen molar-refractivity contribution in [1.29, 1.82) is 0 Å². The number of rotatable bonds is 10. The molecule has 1 aliphatic heterocycles. The first-order chi connectivity index (χ1) is 14.8. The van der Waals surface area contributed by atoms with Crippen molar-refractivity contribution in [3.63, 3.8) is 0 Å². The van der Waals surface area contributed by atoms with Crippen molar-refractivity contribution in [2.75, 3.05) is 41.0 Å². The molecule has 0 saturated carbocycles. The fraction of sp³-hybridized carbons (Fsp3) is 1.00. The lowest BCUT2D eigenvalue weighted by Crippen LogP contribution is -2.56. The van der Waals surface area contributed by atoms with Crippen molar-refractivity contribution >= 4 is 28.9 Å². The van der Waals surface area contributed by atoms with Gasteiger partial charge in [0.1, 0.15) is 0 Å². The van der Waals surface area contributed by atoms with Crippen LogP contribution in [0.1, 0.15) is 33.1 Å². The second-order valence-electron chi connectivity index (χ2n) is 7.32. The predicted octanol–water partition coefficient (Wildman–Crippen LogP) is 3.33. The van der Waals surface area contributed by atoms with E-state index < -0.39 is 39.9 Å². The molecule has 0 amide bonds. The molecule has 1 heterocycles. The molecule has 0 aromatic rings. The van der Waals surface area contributed by atoms with E-state index in [4.69, 9.17) is 13.3 Å². The Kier molecular flexibility index (Phi) is 11.8. The van der Waals surface area contributed by atoms with Crippen LogP contribution in [0.15, 0.2) is 0 Å². The van der Waals surface area contributed by atoms with Gasteiger partial charge in [-0.15, -0.1) is 0 Å². The molecule has 1 saturated heterocycles. The topological polar surface area (TPSA) is 110 Å². The molecule has 0 aromatic heterocycles. The zero-order valence-corrected chi connectivity index (χ0v) is 21.5. The van der Waals surface area contributed by atoms with E-state index in [0.717, 1.165) is 22.8 Å². The highest BCUT2D eigenvalue weighted by Crippen LogP contribution is 2.36. The van der Waals surface area contributed by atoms with Gasteiger partial charge in [0.15, 0.2) is 20.0 Å². The van der Waals surface area contributed by atoms with E-state index in [1.807, 2.05) is 0 Å². The number of hydrogen-bond donors (Lipinski definition) is 0. The zero-order chi connectivity index (χ0) is 26.4. The molecule has 1 unspecified atom stereocenters. The molecule has 0 N–H and O–H groups in total. The minimum absolute atomic E-state index is 0.727. The van der Waals surface area contributed by atoms with Crippen molar-refractivity contribution < 1.29 is 60.9 Å². The first-order valence-electron chi connectivity index (χ1n) is 9.66. The van der Waals surface area contributed by atoms with E-state index in [0.29, 0.717) is 0 Å². The minimum atomic E-state index is -6.72. The van der Waals surface area contributed by atoms with E-state index in [1.165, 1.54) is 36.8 Å². The quantitative estimate of drug-likeness (QED) is 0.231. The Bertz CT molecular complexity index is 761. The maximum absolute atomic E-state index is 11.4. The zero-order valence-electron chi connectivity index (χ0n) is 18.9. The molecule has 200 valence electrons. The Morgan fingerprint density at radius 2 is 1.24 bits per heavy atom. The summed E-state index contributed by atoms with van der Waals surface area (Å²) in [6, 6.07) is 1.64. The summed E-state index contributed by atoms with van der Waals surface area (Å²) in [5.74, 6) is 0. The lowest BCUT2D eigenvalue weighted by atomic mass is 10.2. The number of hydrogen-bond acceptors (Lipinski definition) is 7. The third kappa shape index (κ3) is 8.59.